The van der Waals surface area contributed by atoms with Crippen molar-refractivity contribution in [2.24, 2.45) is 0 Å². The minimum absolute atomic E-state index is 0.216. The van der Waals surface area contributed by atoms with Gasteiger partial charge in [0.05, 0.1) is 5.69 Å². The average molecular weight is 389 g/mol. The number of imide groups is 1. The number of pyridine rings is 1. The maximum atomic E-state index is 13.8. The van der Waals surface area contributed by atoms with E-state index in [1.54, 1.807) is 24.4 Å². The van der Waals surface area contributed by atoms with Gasteiger partial charge < -0.3 is 4.90 Å². The number of nitrogens with zero attached hydrogens (tertiary/aromatic N) is 2. The van der Waals surface area contributed by atoms with Crippen LogP contribution >= 0.6 is 0 Å². The number of amides is 3. The zero-order valence-corrected chi connectivity index (χ0v) is 15.3. The standard InChI is InChI=1S/C22H16FN3O3/c23-15-3-1-12-7-8-24-20(17(12)10-15)13-2-4-16-14(9-13)11-26(22(16)29)18-5-6-19(27)25-21(18)28/h1-4,7-10,18H,5-6,11H2,(H,25,27,28). The second-order valence-corrected chi connectivity index (χ2v) is 7.30. The molecule has 2 aliphatic heterocycles. The van der Waals surface area contributed by atoms with E-state index in [1.807, 2.05) is 12.1 Å². The van der Waals surface area contributed by atoms with E-state index in [1.165, 1.54) is 17.0 Å². The van der Waals surface area contributed by atoms with Gasteiger partial charge in [-0.1, -0.05) is 12.1 Å². The summed E-state index contributed by atoms with van der Waals surface area (Å²) in [5.74, 6) is -1.31. The smallest absolute Gasteiger partial charge is 0.255 e. The lowest BCUT2D eigenvalue weighted by Gasteiger charge is -2.29. The molecule has 0 aliphatic carbocycles. The van der Waals surface area contributed by atoms with E-state index in [0.29, 0.717) is 23.1 Å². The number of carbonyl (C=O) groups excluding carboxylic acids is 3. The highest BCUT2D eigenvalue weighted by atomic mass is 19.1. The monoisotopic (exact) mass is 389 g/mol. The van der Waals surface area contributed by atoms with Gasteiger partial charge in [-0.2, -0.15) is 0 Å². The molecule has 2 aliphatic rings. The first-order valence-corrected chi connectivity index (χ1v) is 9.33. The maximum absolute atomic E-state index is 13.8. The van der Waals surface area contributed by atoms with Gasteiger partial charge in [-0.3, -0.25) is 24.7 Å². The summed E-state index contributed by atoms with van der Waals surface area (Å²) in [7, 11) is 0. The normalized spacial score (nSPS) is 18.9. The minimum atomic E-state index is -0.652. The van der Waals surface area contributed by atoms with Crippen molar-refractivity contribution in [2.45, 2.75) is 25.4 Å². The fraction of sp³-hybridized carbons (Fsp3) is 0.182. The van der Waals surface area contributed by atoms with Crippen molar-refractivity contribution in [1.82, 2.24) is 15.2 Å². The van der Waals surface area contributed by atoms with E-state index in [4.69, 9.17) is 0 Å². The SMILES string of the molecule is O=C1CCC(N2Cc3cc(-c4nccc5ccc(F)cc45)ccc3C2=O)C(=O)N1. The third-order valence-corrected chi connectivity index (χ3v) is 5.53. The molecule has 1 fully saturated rings. The van der Waals surface area contributed by atoms with Crippen molar-refractivity contribution in [3.8, 4) is 11.3 Å². The number of rotatable bonds is 2. The molecule has 0 spiro atoms. The molecular formula is C22H16FN3O3. The third-order valence-electron chi connectivity index (χ3n) is 5.53. The van der Waals surface area contributed by atoms with Gasteiger partial charge in [-0.05, 0) is 47.7 Å². The van der Waals surface area contributed by atoms with Crippen molar-refractivity contribution >= 4 is 28.5 Å². The Morgan fingerprint density at radius 2 is 1.93 bits per heavy atom. The average Bonchev–Trinajstić information content (AvgIpc) is 3.03. The van der Waals surface area contributed by atoms with E-state index in [9.17, 15) is 18.8 Å². The van der Waals surface area contributed by atoms with Gasteiger partial charge in [0.1, 0.15) is 11.9 Å². The zero-order valence-electron chi connectivity index (χ0n) is 15.3. The first-order valence-electron chi connectivity index (χ1n) is 9.33. The Balaban J connectivity index is 1.52. The quantitative estimate of drug-likeness (QED) is 0.684. The highest BCUT2D eigenvalue weighted by Gasteiger charge is 2.39. The van der Waals surface area contributed by atoms with Crippen LogP contribution in [0, 0.1) is 5.82 Å². The molecule has 144 valence electrons. The van der Waals surface area contributed by atoms with Gasteiger partial charge in [0.15, 0.2) is 0 Å². The second-order valence-electron chi connectivity index (χ2n) is 7.30. The van der Waals surface area contributed by atoms with Crippen LogP contribution in [0.15, 0.2) is 48.7 Å². The molecule has 6 nitrogen and oxygen atoms in total. The van der Waals surface area contributed by atoms with E-state index >= 15 is 0 Å². The van der Waals surface area contributed by atoms with Gasteiger partial charge in [-0.25, -0.2) is 4.39 Å². The Labute approximate surface area is 165 Å². The van der Waals surface area contributed by atoms with Gasteiger partial charge in [-0.15, -0.1) is 0 Å². The minimum Gasteiger partial charge on any atom is -0.322 e. The summed E-state index contributed by atoms with van der Waals surface area (Å²) in [5.41, 5.74) is 2.73. The predicted molar refractivity (Wildman–Crippen MR) is 103 cm³/mol. The van der Waals surface area contributed by atoms with Crippen LogP contribution in [0.2, 0.25) is 0 Å². The molecule has 5 rings (SSSR count). The number of nitrogens with one attached hydrogen (secondary N) is 1. The first-order chi connectivity index (χ1) is 14.0. The molecule has 1 aromatic heterocycles. The van der Waals surface area contributed by atoms with Gasteiger partial charge in [0.25, 0.3) is 5.91 Å². The van der Waals surface area contributed by atoms with Crippen LogP contribution < -0.4 is 5.32 Å². The molecule has 3 amide bonds. The second kappa shape index (κ2) is 6.48. The molecule has 1 N–H and O–H groups in total. The summed E-state index contributed by atoms with van der Waals surface area (Å²) < 4.78 is 13.8. The number of aromatic nitrogens is 1. The van der Waals surface area contributed by atoms with E-state index < -0.39 is 11.9 Å². The number of hydrogen-bond donors (Lipinski definition) is 1. The summed E-state index contributed by atoms with van der Waals surface area (Å²) in [6.45, 7) is 0.285. The Morgan fingerprint density at radius 3 is 2.76 bits per heavy atom. The summed E-state index contributed by atoms with van der Waals surface area (Å²) in [6, 6.07) is 11.1. The number of fused-ring (bicyclic) bond motifs is 2. The molecule has 2 aromatic carbocycles. The summed E-state index contributed by atoms with van der Waals surface area (Å²) >= 11 is 0. The van der Waals surface area contributed by atoms with E-state index in [2.05, 4.69) is 10.3 Å². The molecular weight excluding hydrogens is 373 g/mol. The number of hydrogen-bond acceptors (Lipinski definition) is 4. The molecule has 0 bridgehead atoms. The predicted octanol–water partition coefficient (Wildman–Crippen LogP) is 2.80. The lowest BCUT2D eigenvalue weighted by molar-refractivity contribution is -0.136. The summed E-state index contributed by atoms with van der Waals surface area (Å²) in [4.78, 5) is 42.3. The highest BCUT2D eigenvalue weighted by Crippen LogP contribution is 2.33. The molecule has 29 heavy (non-hydrogen) atoms. The molecule has 0 saturated carbocycles. The van der Waals surface area contributed by atoms with Gasteiger partial charge in [0, 0.05) is 35.7 Å². The van der Waals surface area contributed by atoms with Gasteiger partial charge >= 0.3 is 0 Å². The molecule has 1 atom stereocenters. The zero-order chi connectivity index (χ0) is 20.1. The number of carbonyl (C=O) groups is 3. The number of benzene rings is 2. The topological polar surface area (TPSA) is 79.4 Å². The molecule has 7 heteroatoms. The molecule has 0 radical (unpaired) electrons. The van der Waals surface area contributed by atoms with Crippen LogP contribution in [0.25, 0.3) is 22.0 Å². The largest absolute Gasteiger partial charge is 0.322 e. The molecule has 1 unspecified atom stereocenters. The lowest BCUT2D eigenvalue weighted by Crippen LogP contribution is -2.52. The Hall–Kier alpha value is -3.61. The highest BCUT2D eigenvalue weighted by molar-refractivity contribution is 6.06. The van der Waals surface area contributed by atoms with Crippen LogP contribution in [0.5, 0.6) is 0 Å². The van der Waals surface area contributed by atoms with Crippen molar-refractivity contribution in [3.63, 3.8) is 0 Å². The Bertz CT molecular complexity index is 1210. The summed E-state index contributed by atoms with van der Waals surface area (Å²) in [5, 5.41) is 3.87. The van der Waals surface area contributed by atoms with Crippen molar-refractivity contribution in [1.29, 1.82) is 0 Å². The van der Waals surface area contributed by atoms with E-state index in [0.717, 1.165) is 16.5 Å². The van der Waals surface area contributed by atoms with Crippen LogP contribution in [0.4, 0.5) is 4.39 Å². The number of piperidine rings is 1. The summed E-state index contributed by atoms with van der Waals surface area (Å²) in [6.07, 6.45) is 2.21. The van der Waals surface area contributed by atoms with E-state index in [-0.39, 0.29) is 30.6 Å². The molecule has 3 heterocycles. The van der Waals surface area contributed by atoms with Crippen LogP contribution in [-0.4, -0.2) is 33.6 Å². The lowest BCUT2D eigenvalue weighted by atomic mass is 10.00. The number of halogens is 1. The maximum Gasteiger partial charge on any atom is 0.255 e. The van der Waals surface area contributed by atoms with Gasteiger partial charge in [0.2, 0.25) is 11.8 Å². The Morgan fingerprint density at radius 1 is 1.07 bits per heavy atom. The molecule has 1 saturated heterocycles. The fourth-order valence-corrected chi connectivity index (χ4v) is 4.09. The Kier molecular flexibility index (Phi) is 3.91. The molecule has 3 aromatic rings. The van der Waals surface area contributed by atoms with Crippen LogP contribution in [0.1, 0.15) is 28.8 Å². The van der Waals surface area contributed by atoms with Crippen molar-refractivity contribution in [2.75, 3.05) is 0 Å². The van der Waals surface area contributed by atoms with Crippen molar-refractivity contribution < 1.29 is 18.8 Å². The third kappa shape index (κ3) is 2.86. The van der Waals surface area contributed by atoms with Crippen LogP contribution in [-0.2, 0) is 16.1 Å². The van der Waals surface area contributed by atoms with Crippen LogP contribution in [0.3, 0.4) is 0 Å². The first kappa shape index (κ1) is 17.5. The fourth-order valence-electron chi connectivity index (χ4n) is 4.09. The van der Waals surface area contributed by atoms with Crippen molar-refractivity contribution in [3.05, 3.63) is 65.6 Å².